The van der Waals surface area contributed by atoms with Crippen molar-refractivity contribution in [2.45, 2.75) is 18.9 Å². The fraction of sp³-hybridized carbons (Fsp3) is 0.700. The molecule has 8 heteroatoms. The first kappa shape index (κ1) is 14.8. The minimum absolute atomic E-state index is 0.0101. The van der Waals surface area contributed by atoms with E-state index in [-0.39, 0.29) is 30.5 Å². The Balaban J connectivity index is 2.10. The highest BCUT2D eigenvalue weighted by Gasteiger charge is 2.21. The first-order valence-electron chi connectivity index (χ1n) is 5.60. The number of amides is 2. The molecule has 1 unspecified atom stereocenters. The Labute approximate surface area is 109 Å². The maximum absolute atomic E-state index is 11.4. The van der Waals surface area contributed by atoms with Crippen LogP contribution in [0.3, 0.4) is 0 Å². The van der Waals surface area contributed by atoms with Crippen molar-refractivity contribution in [3.05, 3.63) is 0 Å². The predicted octanol–water partition coefficient (Wildman–Crippen LogP) is -0.503. The normalized spacial score (nSPS) is 16.7. The van der Waals surface area contributed by atoms with Gasteiger partial charge in [-0.05, 0) is 0 Å². The summed E-state index contributed by atoms with van der Waals surface area (Å²) in [6.45, 7) is 1.14. The topological polar surface area (TPSA) is 107 Å². The molecule has 3 N–H and O–H groups in total. The minimum atomic E-state index is -1.46. The van der Waals surface area contributed by atoms with Gasteiger partial charge in [-0.15, -0.1) is 0 Å². The molecule has 1 atom stereocenters. The van der Waals surface area contributed by atoms with E-state index in [1.807, 2.05) is 0 Å². The molecule has 1 aliphatic heterocycles. The van der Waals surface area contributed by atoms with Crippen LogP contribution >= 0.6 is 11.8 Å². The number of thioether (sulfide) groups is 1. The first-order chi connectivity index (χ1) is 8.50. The number of carboxylic acids is 1. The molecular formula is C10H16N2O5S. The number of aliphatic hydroxyl groups is 1. The molecule has 0 bridgehead atoms. The molecule has 0 aliphatic carbocycles. The number of hydrogen-bond donors (Lipinski definition) is 3. The molecule has 1 aliphatic rings. The number of carbonyl (C=O) groups is 3. The summed E-state index contributed by atoms with van der Waals surface area (Å²) in [4.78, 5) is 34.5. The predicted molar refractivity (Wildman–Crippen MR) is 65.3 cm³/mol. The summed E-state index contributed by atoms with van der Waals surface area (Å²) in [6.07, 6.45) is -1.29. The summed E-state index contributed by atoms with van der Waals surface area (Å²) in [7, 11) is 0. The van der Waals surface area contributed by atoms with Crippen LogP contribution in [-0.2, 0) is 9.59 Å². The number of carbonyl (C=O) groups excluding carboxylic acids is 2. The molecule has 102 valence electrons. The second-order valence-corrected chi connectivity index (χ2v) is 4.89. The Morgan fingerprint density at radius 3 is 2.78 bits per heavy atom. The van der Waals surface area contributed by atoms with Crippen molar-refractivity contribution in [1.82, 2.24) is 10.2 Å². The van der Waals surface area contributed by atoms with Gasteiger partial charge in [0.25, 0.3) is 5.24 Å². The Morgan fingerprint density at radius 1 is 1.50 bits per heavy atom. The van der Waals surface area contributed by atoms with E-state index in [1.54, 1.807) is 4.90 Å². The van der Waals surface area contributed by atoms with Gasteiger partial charge in [-0.25, -0.2) is 4.79 Å². The third-order valence-electron chi connectivity index (χ3n) is 2.48. The van der Waals surface area contributed by atoms with Gasteiger partial charge in [0.15, 0.2) is 6.10 Å². The van der Waals surface area contributed by atoms with Crippen LogP contribution < -0.4 is 5.32 Å². The number of hydrogen-bond acceptors (Lipinski definition) is 5. The second-order valence-electron chi connectivity index (χ2n) is 3.84. The molecule has 1 heterocycles. The lowest BCUT2D eigenvalue weighted by molar-refractivity contribution is -0.147. The molecular weight excluding hydrogens is 260 g/mol. The van der Waals surface area contributed by atoms with Crippen LogP contribution in [0, 0.1) is 0 Å². The lowest BCUT2D eigenvalue weighted by atomic mass is 10.2. The maximum Gasteiger partial charge on any atom is 0.332 e. The van der Waals surface area contributed by atoms with Gasteiger partial charge in [0.1, 0.15) is 0 Å². The number of nitrogens with one attached hydrogen (secondary N) is 1. The van der Waals surface area contributed by atoms with Gasteiger partial charge >= 0.3 is 5.97 Å². The molecule has 1 saturated heterocycles. The number of nitrogens with zero attached hydrogens (tertiary/aromatic N) is 1. The average Bonchev–Trinajstić information content (AvgIpc) is 2.72. The summed E-state index contributed by atoms with van der Waals surface area (Å²) in [5.74, 6) is -0.799. The Bertz CT molecular complexity index is 336. The third kappa shape index (κ3) is 4.92. The second kappa shape index (κ2) is 7.22. The smallest absolute Gasteiger partial charge is 0.332 e. The van der Waals surface area contributed by atoms with E-state index >= 15 is 0 Å². The SMILES string of the molecule is O=C(CCN1CCSC1=O)NCCC(O)C(=O)O. The molecule has 0 radical (unpaired) electrons. The number of rotatable bonds is 7. The van der Waals surface area contributed by atoms with Gasteiger partial charge < -0.3 is 20.4 Å². The van der Waals surface area contributed by atoms with Crippen LogP contribution in [0.5, 0.6) is 0 Å². The van der Waals surface area contributed by atoms with Gasteiger partial charge in [-0.2, -0.15) is 0 Å². The van der Waals surface area contributed by atoms with Crippen LogP contribution in [0.15, 0.2) is 0 Å². The largest absolute Gasteiger partial charge is 0.479 e. The van der Waals surface area contributed by atoms with Gasteiger partial charge in [-0.3, -0.25) is 9.59 Å². The molecule has 1 rings (SSSR count). The van der Waals surface area contributed by atoms with Crippen LogP contribution in [0.4, 0.5) is 4.79 Å². The summed E-state index contributed by atoms with van der Waals surface area (Å²) in [6, 6.07) is 0. The molecule has 0 aromatic rings. The van der Waals surface area contributed by atoms with Crippen molar-refractivity contribution in [2.75, 3.05) is 25.4 Å². The zero-order valence-electron chi connectivity index (χ0n) is 9.79. The van der Waals surface area contributed by atoms with E-state index in [4.69, 9.17) is 10.2 Å². The van der Waals surface area contributed by atoms with Crippen molar-refractivity contribution >= 4 is 28.9 Å². The Hall–Kier alpha value is -1.28. The van der Waals surface area contributed by atoms with Gasteiger partial charge in [0.05, 0.1) is 0 Å². The van der Waals surface area contributed by atoms with E-state index < -0.39 is 12.1 Å². The highest BCUT2D eigenvalue weighted by Crippen LogP contribution is 2.16. The fourth-order valence-electron chi connectivity index (χ4n) is 1.43. The van der Waals surface area contributed by atoms with Crippen molar-refractivity contribution in [3.63, 3.8) is 0 Å². The van der Waals surface area contributed by atoms with Crippen molar-refractivity contribution in [2.24, 2.45) is 0 Å². The monoisotopic (exact) mass is 276 g/mol. The lowest BCUT2D eigenvalue weighted by Crippen LogP contribution is -2.33. The molecule has 0 spiro atoms. The average molecular weight is 276 g/mol. The molecule has 0 aromatic carbocycles. The van der Waals surface area contributed by atoms with Gasteiger partial charge in [0.2, 0.25) is 5.91 Å². The molecule has 1 fully saturated rings. The van der Waals surface area contributed by atoms with Crippen molar-refractivity contribution in [1.29, 1.82) is 0 Å². The summed E-state index contributed by atoms with van der Waals surface area (Å²) < 4.78 is 0. The van der Waals surface area contributed by atoms with Crippen LogP contribution in [-0.4, -0.2) is 63.7 Å². The van der Waals surface area contributed by atoms with Crippen molar-refractivity contribution in [3.8, 4) is 0 Å². The molecule has 0 saturated carbocycles. The first-order valence-corrected chi connectivity index (χ1v) is 6.58. The van der Waals surface area contributed by atoms with E-state index in [9.17, 15) is 14.4 Å². The number of aliphatic hydroxyl groups excluding tert-OH is 1. The number of aliphatic carboxylic acids is 1. The highest BCUT2D eigenvalue weighted by molar-refractivity contribution is 8.13. The van der Waals surface area contributed by atoms with Gasteiger partial charge in [-0.1, -0.05) is 11.8 Å². The van der Waals surface area contributed by atoms with Crippen LogP contribution in [0.25, 0.3) is 0 Å². The molecule has 2 amide bonds. The summed E-state index contributed by atoms with van der Waals surface area (Å²) in [5.41, 5.74) is 0. The van der Waals surface area contributed by atoms with E-state index in [2.05, 4.69) is 5.32 Å². The Morgan fingerprint density at radius 2 is 2.22 bits per heavy atom. The molecule has 0 aromatic heterocycles. The number of carboxylic acid groups (broad SMARTS) is 1. The zero-order chi connectivity index (χ0) is 13.5. The van der Waals surface area contributed by atoms with E-state index in [0.717, 1.165) is 5.75 Å². The quantitative estimate of drug-likeness (QED) is 0.578. The summed E-state index contributed by atoms with van der Waals surface area (Å²) in [5, 5.41) is 19.9. The molecule has 18 heavy (non-hydrogen) atoms. The van der Waals surface area contributed by atoms with E-state index in [0.29, 0.717) is 13.1 Å². The zero-order valence-corrected chi connectivity index (χ0v) is 10.6. The van der Waals surface area contributed by atoms with Crippen LogP contribution in [0.2, 0.25) is 0 Å². The lowest BCUT2D eigenvalue weighted by Gasteiger charge is -2.14. The maximum atomic E-state index is 11.4. The van der Waals surface area contributed by atoms with Crippen molar-refractivity contribution < 1.29 is 24.6 Å². The molecule has 7 nitrogen and oxygen atoms in total. The third-order valence-corrected chi connectivity index (χ3v) is 3.37. The summed E-state index contributed by atoms with van der Waals surface area (Å²) >= 11 is 1.24. The standard InChI is InChI=1S/C10H16N2O5S/c13-7(9(15)16)1-3-11-8(14)2-4-12-5-6-18-10(12)17/h7,13H,1-6H2,(H,11,14)(H,15,16). The fourth-order valence-corrected chi connectivity index (χ4v) is 2.28. The van der Waals surface area contributed by atoms with E-state index in [1.165, 1.54) is 11.8 Å². The Kier molecular flexibility index (Phi) is 5.93. The highest BCUT2D eigenvalue weighted by atomic mass is 32.2. The van der Waals surface area contributed by atoms with Gasteiger partial charge in [0, 0.05) is 38.2 Å². The minimum Gasteiger partial charge on any atom is -0.479 e. The van der Waals surface area contributed by atoms with Crippen LogP contribution in [0.1, 0.15) is 12.8 Å².